The number of rotatable bonds is 1. The van der Waals surface area contributed by atoms with Gasteiger partial charge in [-0.2, -0.15) is 0 Å². The third kappa shape index (κ3) is 3.23. The molecule has 0 aliphatic rings. The fourth-order valence-corrected chi connectivity index (χ4v) is 0.873. The molecule has 70 valence electrons. The SMILES string of the molecule is COc1ccc(C#CC#CCN)cc1. The van der Waals surface area contributed by atoms with Gasteiger partial charge in [-0.3, -0.25) is 0 Å². The first-order valence-electron chi connectivity index (χ1n) is 4.20. The Labute approximate surface area is 84.1 Å². The molecule has 0 radical (unpaired) electrons. The van der Waals surface area contributed by atoms with Crippen molar-refractivity contribution in [3.8, 4) is 29.4 Å². The van der Waals surface area contributed by atoms with E-state index >= 15 is 0 Å². The first-order chi connectivity index (χ1) is 6.86. The van der Waals surface area contributed by atoms with Gasteiger partial charge in [-0.05, 0) is 36.1 Å². The van der Waals surface area contributed by atoms with Crippen molar-refractivity contribution in [2.45, 2.75) is 0 Å². The second-order valence-corrected chi connectivity index (χ2v) is 2.48. The van der Waals surface area contributed by atoms with Crippen molar-refractivity contribution in [2.24, 2.45) is 5.73 Å². The van der Waals surface area contributed by atoms with Gasteiger partial charge in [0.25, 0.3) is 0 Å². The van der Waals surface area contributed by atoms with Gasteiger partial charge >= 0.3 is 0 Å². The lowest BCUT2D eigenvalue weighted by Crippen LogP contribution is -1.92. The summed E-state index contributed by atoms with van der Waals surface area (Å²) in [5, 5.41) is 0. The highest BCUT2D eigenvalue weighted by Gasteiger charge is 1.88. The van der Waals surface area contributed by atoms with E-state index in [-0.39, 0.29) is 0 Å². The third-order valence-electron chi connectivity index (χ3n) is 1.55. The molecule has 14 heavy (non-hydrogen) atoms. The number of hydrogen-bond donors (Lipinski definition) is 1. The Morgan fingerprint density at radius 2 is 1.93 bits per heavy atom. The second kappa shape index (κ2) is 5.70. The molecular weight excluding hydrogens is 174 g/mol. The Kier molecular flexibility index (Phi) is 4.14. The second-order valence-electron chi connectivity index (χ2n) is 2.48. The van der Waals surface area contributed by atoms with E-state index in [0.717, 1.165) is 11.3 Å². The molecule has 0 aliphatic carbocycles. The highest BCUT2D eigenvalue weighted by atomic mass is 16.5. The fraction of sp³-hybridized carbons (Fsp3) is 0.167. The van der Waals surface area contributed by atoms with Crippen molar-refractivity contribution in [2.75, 3.05) is 13.7 Å². The molecule has 0 atom stereocenters. The molecule has 0 aromatic heterocycles. The van der Waals surface area contributed by atoms with Crippen LogP contribution in [0.1, 0.15) is 5.56 Å². The molecule has 0 fully saturated rings. The number of benzene rings is 1. The van der Waals surface area contributed by atoms with Crippen molar-refractivity contribution in [1.29, 1.82) is 0 Å². The van der Waals surface area contributed by atoms with Crippen molar-refractivity contribution < 1.29 is 4.74 Å². The minimum atomic E-state index is 0.345. The fourth-order valence-electron chi connectivity index (χ4n) is 0.873. The summed E-state index contributed by atoms with van der Waals surface area (Å²) in [6, 6.07) is 7.49. The average Bonchev–Trinajstić information content (AvgIpc) is 2.25. The van der Waals surface area contributed by atoms with Crippen molar-refractivity contribution >= 4 is 0 Å². The van der Waals surface area contributed by atoms with Crippen LogP contribution in [0.5, 0.6) is 5.75 Å². The van der Waals surface area contributed by atoms with Gasteiger partial charge in [-0.1, -0.05) is 11.8 Å². The molecule has 2 nitrogen and oxygen atoms in total. The summed E-state index contributed by atoms with van der Waals surface area (Å²) < 4.78 is 5.02. The van der Waals surface area contributed by atoms with Gasteiger partial charge in [-0.15, -0.1) is 0 Å². The van der Waals surface area contributed by atoms with Crippen LogP contribution in [0, 0.1) is 23.7 Å². The Balaban J connectivity index is 2.71. The van der Waals surface area contributed by atoms with Gasteiger partial charge in [0.1, 0.15) is 5.75 Å². The maximum absolute atomic E-state index is 5.19. The molecule has 0 saturated heterocycles. The predicted octanol–water partition coefficient (Wildman–Crippen LogP) is 1.01. The Hall–Kier alpha value is -1.90. The van der Waals surface area contributed by atoms with Crippen LogP contribution < -0.4 is 10.5 Å². The lowest BCUT2D eigenvalue weighted by atomic mass is 10.2. The molecule has 2 N–H and O–H groups in total. The predicted molar refractivity (Wildman–Crippen MR) is 56.7 cm³/mol. The molecule has 1 aromatic rings. The maximum Gasteiger partial charge on any atom is 0.118 e. The molecule has 0 unspecified atom stereocenters. The first kappa shape index (κ1) is 10.2. The molecule has 0 saturated carbocycles. The summed E-state index contributed by atoms with van der Waals surface area (Å²) >= 11 is 0. The number of nitrogens with two attached hydrogens (primary N) is 1. The summed E-state index contributed by atoms with van der Waals surface area (Å²) in [6.45, 7) is 0.345. The molecule has 0 bridgehead atoms. The van der Waals surface area contributed by atoms with E-state index in [1.165, 1.54) is 0 Å². The van der Waals surface area contributed by atoms with E-state index in [1.807, 2.05) is 24.3 Å². The first-order valence-corrected chi connectivity index (χ1v) is 4.20. The number of methoxy groups -OCH3 is 1. The lowest BCUT2D eigenvalue weighted by Gasteiger charge is -1.96. The minimum absolute atomic E-state index is 0.345. The summed E-state index contributed by atoms with van der Waals surface area (Å²) in [4.78, 5) is 0. The quantitative estimate of drug-likeness (QED) is 0.663. The van der Waals surface area contributed by atoms with Gasteiger partial charge in [-0.25, -0.2) is 0 Å². The zero-order valence-corrected chi connectivity index (χ0v) is 8.00. The van der Waals surface area contributed by atoms with Crippen molar-refractivity contribution in [3.05, 3.63) is 29.8 Å². The lowest BCUT2D eigenvalue weighted by molar-refractivity contribution is 0.415. The summed E-state index contributed by atoms with van der Waals surface area (Å²) in [5.41, 5.74) is 6.10. The Morgan fingerprint density at radius 3 is 2.50 bits per heavy atom. The van der Waals surface area contributed by atoms with Gasteiger partial charge in [0.15, 0.2) is 0 Å². The van der Waals surface area contributed by atoms with E-state index in [9.17, 15) is 0 Å². The average molecular weight is 185 g/mol. The Bertz CT molecular complexity index is 398. The third-order valence-corrected chi connectivity index (χ3v) is 1.55. The topological polar surface area (TPSA) is 35.2 Å². The van der Waals surface area contributed by atoms with Crippen molar-refractivity contribution in [3.63, 3.8) is 0 Å². The Morgan fingerprint density at radius 1 is 1.21 bits per heavy atom. The molecule has 0 spiro atoms. The smallest absolute Gasteiger partial charge is 0.118 e. The zero-order valence-electron chi connectivity index (χ0n) is 8.00. The van der Waals surface area contributed by atoms with E-state index in [0.29, 0.717) is 6.54 Å². The molecule has 0 heterocycles. The normalized spacial score (nSPS) is 7.86. The summed E-state index contributed by atoms with van der Waals surface area (Å²) in [6.07, 6.45) is 0. The van der Waals surface area contributed by atoms with Crippen LogP contribution >= 0.6 is 0 Å². The minimum Gasteiger partial charge on any atom is -0.497 e. The van der Waals surface area contributed by atoms with Crippen LogP contribution in [-0.2, 0) is 0 Å². The molecule has 0 amide bonds. The van der Waals surface area contributed by atoms with Crippen LogP contribution in [0.3, 0.4) is 0 Å². The van der Waals surface area contributed by atoms with Gasteiger partial charge in [0.05, 0.1) is 13.7 Å². The summed E-state index contributed by atoms with van der Waals surface area (Å²) in [7, 11) is 1.63. The van der Waals surface area contributed by atoms with Gasteiger partial charge < -0.3 is 10.5 Å². The largest absolute Gasteiger partial charge is 0.497 e. The highest BCUT2D eigenvalue weighted by molar-refractivity contribution is 5.42. The van der Waals surface area contributed by atoms with Crippen LogP contribution in [-0.4, -0.2) is 13.7 Å². The standard InChI is InChI=1S/C12H11NO/c1-14-12-8-6-11(7-9-12)5-3-2-4-10-13/h6-9H,10,13H2,1H3. The van der Waals surface area contributed by atoms with E-state index in [2.05, 4.69) is 23.7 Å². The van der Waals surface area contributed by atoms with Gasteiger partial charge in [0, 0.05) is 5.56 Å². The molecule has 1 aromatic carbocycles. The van der Waals surface area contributed by atoms with Crippen molar-refractivity contribution in [1.82, 2.24) is 0 Å². The van der Waals surface area contributed by atoms with E-state index in [4.69, 9.17) is 10.5 Å². The number of hydrogen-bond acceptors (Lipinski definition) is 2. The molecular formula is C12H11NO. The molecule has 0 aliphatic heterocycles. The monoisotopic (exact) mass is 185 g/mol. The van der Waals surface area contributed by atoms with Crippen LogP contribution in [0.15, 0.2) is 24.3 Å². The highest BCUT2D eigenvalue weighted by Crippen LogP contribution is 2.09. The maximum atomic E-state index is 5.19. The number of ether oxygens (including phenoxy) is 1. The van der Waals surface area contributed by atoms with E-state index < -0.39 is 0 Å². The van der Waals surface area contributed by atoms with Crippen LogP contribution in [0.25, 0.3) is 0 Å². The van der Waals surface area contributed by atoms with E-state index in [1.54, 1.807) is 7.11 Å². The zero-order chi connectivity index (χ0) is 10.2. The molecule has 2 heteroatoms. The van der Waals surface area contributed by atoms with Crippen LogP contribution in [0.2, 0.25) is 0 Å². The summed E-state index contributed by atoms with van der Waals surface area (Å²) in [5.74, 6) is 11.7. The molecule has 1 rings (SSSR count). The van der Waals surface area contributed by atoms with Crippen LogP contribution in [0.4, 0.5) is 0 Å². The van der Waals surface area contributed by atoms with Gasteiger partial charge in [0.2, 0.25) is 0 Å².